The van der Waals surface area contributed by atoms with E-state index in [9.17, 15) is 9.90 Å². The molecule has 0 aliphatic carbocycles. The number of pyridine rings is 1. The number of carbonyl (C=O) groups is 1. The van der Waals surface area contributed by atoms with Crippen LogP contribution < -0.4 is 11.1 Å². The van der Waals surface area contributed by atoms with Gasteiger partial charge in [-0.1, -0.05) is 13.0 Å². The number of amides is 1. The summed E-state index contributed by atoms with van der Waals surface area (Å²) in [7, 11) is 0. The first kappa shape index (κ1) is 12.9. The fourth-order valence-electron chi connectivity index (χ4n) is 1.69. The predicted octanol–water partition coefficient (Wildman–Crippen LogP) is 2.18. The molecule has 19 heavy (non-hydrogen) atoms. The standard InChI is InChI=1S/C14H15N3O2/c1-2-9-5-6-12(18)11(8-9)17-14(19)13-10(15)4-3-7-16-13/h3-8,18H,2,15H2,1H3,(H,17,19). The van der Waals surface area contributed by atoms with Crippen LogP contribution in [-0.2, 0) is 6.42 Å². The maximum Gasteiger partial charge on any atom is 0.276 e. The molecule has 1 heterocycles. The SMILES string of the molecule is CCc1ccc(O)c(NC(=O)c2ncccc2N)c1. The van der Waals surface area contributed by atoms with E-state index in [0.717, 1.165) is 12.0 Å². The van der Waals surface area contributed by atoms with Gasteiger partial charge in [-0.05, 0) is 36.2 Å². The third-order valence-electron chi connectivity index (χ3n) is 2.77. The summed E-state index contributed by atoms with van der Waals surface area (Å²) in [5, 5.41) is 12.3. The van der Waals surface area contributed by atoms with Crippen molar-refractivity contribution in [3.8, 4) is 5.75 Å². The maximum atomic E-state index is 12.0. The third kappa shape index (κ3) is 2.82. The van der Waals surface area contributed by atoms with Crippen molar-refractivity contribution in [3.63, 3.8) is 0 Å². The molecular weight excluding hydrogens is 242 g/mol. The molecule has 5 nitrogen and oxygen atoms in total. The highest BCUT2D eigenvalue weighted by Crippen LogP contribution is 2.25. The van der Waals surface area contributed by atoms with Crippen LogP contribution in [0.3, 0.4) is 0 Å². The van der Waals surface area contributed by atoms with Crippen LogP contribution in [0.25, 0.3) is 0 Å². The molecule has 0 atom stereocenters. The van der Waals surface area contributed by atoms with E-state index in [1.807, 2.05) is 6.92 Å². The number of carbonyl (C=O) groups excluding carboxylic acids is 1. The zero-order valence-electron chi connectivity index (χ0n) is 10.6. The van der Waals surface area contributed by atoms with Crippen molar-refractivity contribution in [2.24, 2.45) is 0 Å². The highest BCUT2D eigenvalue weighted by Gasteiger charge is 2.13. The van der Waals surface area contributed by atoms with E-state index in [1.165, 1.54) is 6.20 Å². The highest BCUT2D eigenvalue weighted by atomic mass is 16.3. The van der Waals surface area contributed by atoms with Crippen LogP contribution in [0, 0.1) is 0 Å². The number of rotatable bonds is 3. The lowest BCUT2D eigenvalue weighted by atomic mass is 10.1. The molecule has 1 aromatic heterocycles. The van der Waals surface area contributed by atoms with Crippen LogP contribution in [0.5, 0.6) is 5.75 Å². The Labute approximate surface area is 111 Å². The highest BCUT2D eigenvalue weighted by molar-refractivity contribution is 6.06. The number of aryl methyl sites for hydroxylation is 1. The minimum absolute atomic E-state index is 0.0139. The molecule has 5 heteroatoms. The third-order valence-corrected chi connectivity index (χ3v) is 2.77. The number of nitrogens with one attached hydrogen (secondary N) is 1. The molecule has 0 fully saturated rings. The number of hydrogen-bond donors (Lipinski definition) is 3. The molecule has 0 aliphatic heterocycles. The van der Waals surface area contributed by atoms with Crippen LogP contribution in [0.4, 0.5) is 11.4 Å². The first-order chi connectivity index (χ1) is 9.11. The van der Waals surface area contributed by atoms with Crippen molar-refractivity contribution in [2.75, 3.05) is 11.1 Å². The van der Waals surface area contributed by atoms with Crippen molar-refractivity contribution < 1.29 is 9.90 Å². The van der Waals surface area contributed by atoms with Gasteiger partial charge in [0.1, 0.15) is 5.75 Å². The first-order valence-corrected chi connectivity index (χ1v) is 5.95. The molecule has 2 aromatic rings. The van der Waals surface area contributed by atoms with E-state index in [4.69, 9.17) is 5.73 Å². The number of nitrogens with two attached hydrogens (primary N) is 1. The van der Waals surface area contributed by atoms with Crippen molar-refractivity contribution in [1.29, 1.82) is 0 Å². The Bertz CT molecular complexity index is 611. The molecule has 0 aliphatic rings. The summed E-state index contributed by atoms with van der Waals surface area (Å²) in [4.78, 5) is 15.9. The number of phenols is 1. The Kier molecular flexibility index (Phi) is 3.66. The number of hydrogen-bond acceptors (Lipinski definition) is 4. The van der Waals surface area contributed by atoms with Crippen molar-refractivity contribution in [3.05, 3.63) is 47.8 Å². The molecule has 0 spiro atoms. The van der Waals surface area contributed by atoms with Gasteiger partial charge in [0.25, 0.3) is 5.91 Å². The molecule has 4 N–H and O–H groups in total. The summed E-state index contributed by atoms with van der Waals surface area (Å²) < 4.78 is 0. The lowest BCUT2D eigenvalue weighted by Crippen LogP contribution is -2.15. The van der Waals surface area contributed by atoms with E-state index in [-0.39, 0.29) is 11.4 Å². The van der Waals surface area contributed by atoms with Gasteiger partial charge in [-0.25, -0.2) is 4.98 Å². The average molecular weight is 257 g/mol. The second-order valence-corrected chi connectivity index (χ2v) is 4.10. The minimum atomic E-state index is -0.443. The van der Waals surface area contributed by atoms with Gasteiger partial charge in [0.2, 0.25) is 0 Å². The summed E-state index contributed by atoms with van der Waals surface area (Å²) in [5.74, 6) is -0.429. The largest absolute Gasteiger partial charge is 0.506 e. The van der Waals surface area contributed by atoms with E-state index >= 15 is 0 Å². The van der Waals surface area contributed by atoms with E-state index in [0.29, 0.717) is 11.4 Å². The fourth-order valence-corrected chi connectivity index (χ4v) is 1.69. The Balaban J connectivity index is 2.26. The predicted molar refractivity (Wildman–Crippen MR) is 74.1 cm³/mol. The molecule has 2 rings (SSSR count). The van der Waals surface area contributed by atoms with Crippen LogP contribution in [0.15, 0.2) is 36.5 Å². The quantitative estimate of drug-likeness (QED) is 0.735. The smallest absolute Gasteiger partial charge is 0.276 e. The molecule has 1 aromatic carbocycles. The molecule has 98 valence electrons. The lowest BCUT2D eigenvalue weighted by molar-refractivity contribution is 0.102. The van der Waals surface area contributed by atoms with Crippen molar-refractivity contribution in [2.45, 2.75) is 13.3 Å². The Morgan fingerprint density at radius 2 is 2.21 bits per heavy atom. The molecular formula is C14H15N3O2. The molecule has 0 saturated carbocycles. The molecule has 0 bridgehead atoms. The van der Waals surface area contributed by atoms with E-state index in [2.05, 4.69) is 10.3 Å². The van der Waals surface area contributed by atoms with Gasteiger partial charge >= 0.3 is 0 Å². The number of phenolic OH excluding ortho intramolecular Hbond substituents is 1. The molecule has 1 amide bonds. The van der Waals surface area contributed by atoms with Crippen molar-refractivity contribution in [1.82, 2.24) is 4.98 Å². The summed E-state index contributed by atoms with van der Waals surface area (Å²) in [6.45, 7) is 1.99. The van der Waals surface area contributed by atoms with Crippen LogP contribution >= 0.6 is 0 Å². The number of benzene rings is 1. The number of nitrogens with zero attached hydrogens (tertiary/aromatic N) is 1. The fraction of sp³-hybridized carbons (Fsp3) is 0.143. The summed E-state index contributed by atoms with van der Waals surface area (Å²) in [6.07, 6.45) is 2.31. The number of nitrogen functional groups attached to an aromatic ring is 1. The number of anilines is 2. The maximum absolute atomic E-state index is 12.0. The topological polar surface area (TPSA) is 88.2 Å². The van der Waals surface area contributed by atoms with Gasteiger partial charge < -0.3 is 16.2 Å². The molecule has 0 radical (unpaired) electrons. The second-order valence-electron chi connectivity index (χ2n) is 4.10. The first-order valence-electron chi connectivity index (χ1n) is 5.95. The molecule has 0 saturated heterocycles. The van der Waals surface area contributed by atoms with Gasteiger partial charge in [-0.2, -0.15) is 0 Å². The van der Waals surface area contributed by atoms with Crippen LogP contribution in [-0.4, -0.2) is 16.0 Å². The van der Waals surface area contributed by atoms with Gasteiger partial charge in [-0.15, -0.1) is 0 Å². The van der Waals surface area contributed by atoms with Crippen molar-refractivity contribution >= 4 is 17.3 Å². The van der Waals surface area contributed by atoms with E-state index in [1.54, 1.807) is 30.3 Å². The summed E-state index contributed by atoms with van der Waals surface area (Å²) in [6, 6.07) is 8.34. The normalized spacial score (nSPS) is 10.2. The Morgan fingerprint density at radius 1 is 1.42 bits per heavy atom. The zero-order valence-corrected chi connectivity index (χ0v) is 10.6. The van der Waals surface area contributed by atoms with Crippen LogP contribution in [0.2, 0.25) is 0 Å². The van der Waals surface area contributed by atoms with E-state index < -0.39 is 5.91 Å². The zero-order chi connectivity index (χ0) is 13.8. The number of aromatic hydroxyl groups is 1. The average Bonchev–Trinajstić information content (AvgIpc) is 2.41. The second kappa shape index (κ2) is 5.39. The van der Waals surface area contributed by atoms with Gasteiger partial charge in [0.15, 0.2) is 5.69 Å². The number of aromatic nitrogens is 1. The summed E-state index contributed by atoms with van der Waals surface area (Å²) >= 11 is 0. The van der Waals surface area contributed by atoms with Crippen LogP contribution in [0.1, 0.15) is 23.0 Å². The Morgan fingerprint density at radius 3 is 2.89 bits per heavy atom. The summed E-state index contributed by atoms with van der Waals surface area (Å²) in [5.41, 5.74) is 7.49. The van der Waals surface area contributed by atoms with Gasteiger partial charge in [0, 0.05) is 6.20 Å². The minimum Gasteiger partial charge on any atom is -0.506 e. The molecule has 0 unspecified atom stereocenters. The lowest BCUT2D eigenvalue weighted by Gasteiger charge is -2.09. The monoisotopic (exact) mass is 257 g/mol. The van der Waals surface area contributed by atoms with Gasteiger partial charge in [-0.3, -0.25) is 4.79 Å². The Hall–Kier alpha value is -2.56. The van der Waals surface area contributed by atoms with Gasteiger partial charge in [0.05, 0.1) is 11.4 Å².